The van der Waals surface area contributed by atoms with E-state index in [0.29, 0.717) is 0 Å². The van der Waals surface area contributed by atoms with Crippen LogP contribution in [-0.2, 0) is 19.1 Å². The normalized spacial score (nSPS) is 11.9. The second-order valence-electron chi connectivity index (χ2n) is 3.78. The van der Waals surface area contributed by atoms with Gasteiger partial charge in [0.1, 0.15) is 6.10 Å². The van der Waals surface area contributed by atoms with Gasteiger partial charge in [-0.2, -0.15) is 0 Å². The van der Waals surface area contributed by atoms with Crippen LogP contribution in [0.4, 0.5) is 0 Å². The first-order valence-electron chi connectivity index (χ1n) is 5.94. The van der Waals surface area contributed by atoms with Gasteiger partial charge in [-0.1, -0.05) is 33.1 Å². The summed E-state index contributed by atoms with van der Waals surface area (Å²) in [6, 6.07) is 0. The lowest BCUT2D eigenvalue weighted by atomic mass is 10.1. The van der Waals surface area contributed by atoms with Crippen molar-refractivity contribution in [3.05, 3.63) is 0 Å². The van der Waals surface area contributed by atoms with E-state index >= 15 is 0 Å². The lowest BCUT2D eigenvalue weighted by Gasteiger charge is -2.14. The Hall–Kier alpha value is -1.06. The molecule has 0 radical (unpaired) electrons. The first-order valence-corrected chi connectivity index (χ1v) is 5.94. The van der Waals surface area contributed by atoms with Crippen LogP contribution in [0.3, 0.4) is 0 Å². The summed E-state index contributed by atoms with van der Waals surface area (Å²) >= 11 is 0. The Morgan fingerprint density at radius 2 is 1.75 bits per heavy atom. The molecule has 4 nitrogen and oxygen atoms in total. The Kier molecular flexibility index (Phi) is 8.58. The first-order chi connectivity index (χ1) is 7.65. The van der Waals surface area contributed by atoms with E-state index in [1.165, 1.54) is 20.0 Å². The third kappa shape index (κ3) is 6.43. The van der Waals surface area contributed by atoms with Crippen LogP contribution in [0.2, 0.25) is 0 Å². The molecule has 0 aromatic rings. The fourth-order valence-corrected chi connectivity index (χ4v) is 1.43. The van der Waals surface area contributed by atoms with Gasteiger partial charge in [0.2, 0.25) is 0 Å². The zero-order chi connectivity index (χ0) is 12.4. The molecule has 0 N–H and O–H groups in total. The maximum atomic E-state index is 11.1. The van der Waals surface area contributed by atoms with Crippen molar-refractivity contribution in [2.45, 2.75) is 58.5 Å². The largest absolute Gasteiger partial charge is 0.461 e. The molecule has 0 heterocycles. The molecule has 0 rings (SSSR count). The van der Waals surface area contributed by atoms with Gasteiger partial charge in [-0.3, -0.25) is 0 Å². The summed E-state index contributed by atoms with van der Waals surface area (Å²) in [6.45, 7) is 4.09. The molecule has 16 heavy (non-hydrogen) atoms. The number of carbonyl (C=O) groups excluding carboxylic acids is 2. The predicted molar refractivity (Wildman–Crippen MR) is 60.9 cm³/mol. The van der Waals surface area contributed by atoms with Crippen LogP contribution in [0, 0.1) is 0 Å². The molecule has 0 aromatic heterocycles. The fraction of sp³-hybridized carbons (Fsp3) is 0.833. The topological polar surface area (TPSA) is 52.6 Å². The highest BCUT2D eigenvalue weighted by Crippen LogP contribution is 2.11. The van der Waals surface area contributed by atoms with Gasteiger partial charge >= 0.3 is 11.9 Å². The molecule has 94 valence electrons. The van der Waals surface area contributed by atoms with Gasteiger partial charge in [0.25, 0.3) is 0 Å². The van der Waals surface area contributed by atoms with E-state index in [1.807, 2.05) is 6.92 Å². The Morgan fingerprint density at radius 1 is 1.06 bits per heavy atom. The van der Waals surface area contributed by atoms with Crippen molar-refractivity contribution in [1.82, 2.24) is 0 Å². The molecule has 0 amide bonds. The van der Waals surface area contributed by atoms with E-state index < -0.39 is 11.9 Å². The highest BCUT2D eigenvalue weighted by atomic mass is 16.6. The number of methoxy groups -OCH3 is 1. The van der Waals surface area contributed by atoms with Crippen molar-refractivity contribution in [3.63, 3.8) is 0 Å². The Morgan fingerprint density at radius 3 is 2.25 bits per heavy atom. The molecule has 0 bridgehead atoms. The van der Waals surface area contributed by atoms with Crippen molar-refractivity contribution in [2.24, 2.45) is 0 Å². The zero-order valence-electron chi connectivity index (χ0n) is 10.5. The molecular weight excluding hydrogens is 208 g/mol. The molecule has 0 aliphatic rings. The maximum Gasteiger partial charge on any atom is 0.417 e. The molecule has 0 aromatic carbocycles. The van der Waals surface area contributed by atoms with Gasteiger partial charge in [0, 0.05) is 0 Å². The van der Waals surface area contributed by atoms with E-state index in [-0.39, 0.29) is 6.10 Å². The van der Waals surface area contributed by atoms with Crippen molar-refractivity contribution in [1.29, 1.82) is 0 Å². The van der Waals surface area contributed by atoms with Crippen LogP contribution in [0.15, 0.2) is 0 Å². The number of ether oxygens (including phenoxy) is 2. The lowest BCUT2D eigenvalue weighted by Crippen LogP contribution is -2.25. The second-order valence-corrected chi connectivity index (χ2v) is 3.78. The van der Waals surface area contributed by atoms with Crippen LogP contribution in [0.5, 0.6) is 0 Å². The summed E-state index contributed by atoms with van der Waals surface area (Å²) in [7, 11) is 1.17. The quantitative estimate of drug-likeness (QED) is 0.383. The van der Waals surface area contributed by atoms with Crippen molar-refractivity contribution >= 4 is 11.9 Å². The van der Waals surface area contributed by atoms with Crippen molar-refractivity contribution in [2.75, 3.05) is 7.11 Å². The number of unbranched alkanes of at least 4 members (excludes halogenated alkanes) is 3. The van der Waals surface area contributed by atoms with E-state index in [4.69, 9.17) is 4.74 Å². The molecule has 4 heteroatoms. The van der Waals surface area contributed by atoms with Crippen molar-refractivity contribution in [3.8, 4) is 0 Å². The molecule has 0 aliphatic heterocycles. The predicted octanol–water partition coefficient (Wildman–Crippen LogP) is 2.45. The zero-order valence-corrected chi connectivity index (χ0v) is 10.5. The molecule has 1 unspecified atom stereocenters. The van der Waals surface area contributed by atoms with E-state index in [9.17, 15) is 9.59 Å². The summed E-state index contributed by atoms with van der Waals surface area (Å²) in [6.07, 6.45) is 5.93. The first kappa shape index (κ1) is 14.9. The summed E-state index contributed by atoms with van der Waals surface area (Å²) in [5.74, 6) is -1.81. The fourth-order valence-electron chi connectivity index (χ4n) is 1.43. The number of esters is 2. The van der Waals surface area contributed by atoms with Crippen LogP contribution >= 0.6 is 0 Å². The van der Waals surface area contributed by atoms with E-state index in [2.05, 4.69) is 11.7 Å². The minimum Gasteiger partial charge on any atom is -0.461 e. The Labute approximate surface area is 97.3 Å². The monoisotopic (exact) mass is 230 g/mol. The molecule has 0 fully saturated rings. The van der Waals surface area contributed by atoms with E-state index in [1.54, 1.807) is 0 Å². The average molecular weight is 230 g/mol. The number of hydrogen-bond acceptors (Lipinski definition) is 4. The summed E-state index contributed by atoms with van der Waals surface area (Å²) in [5, 5.41) is 0. The Bertz CT molecular complexity index is 213. The molecule has 1 atom stereocenters. The van der Waals surface area contributed by atoms with Gasteiger partial charge in [-0.15, -0.1) is 0 Å². The molecule has 0 spiro atoms. The molecule has 0 saturated carbocycles. The smallest absolute Gasteiger partial charge is 0.417 e. The molecule has 0 saturated heterocycles. The van der Waals surface area contributed by atoms with Gasteiger partial charge in [0.05, 0.1) is 7.11 Å². The van der Waals surface area contributed by atoms with Gasteiger partial charge < -0.3 is 9.47 Å². The minimum atomic E-state index is -0.924. The van der Waals surface area contributed by atoms with Crippen LogP contribution < -0.4 is 0 Å². The van der Waals surface area contributed by atoms with Gasteiger partial charge in [0.15, 0.2) is 0 Å². The Balaban J connectivity index is 3.82. The summed E-state index contributed by atoms with van der Waals surface area (Å²) in [5.41, 5.74) is 0. The van der Waals surface area contributed by atoms with E-state index in [0.717, 1.165) is 25.7 Å². The number of hydrogen-bond donors (Lipinski definition) is 0. The highest BCUT2D eigenvalue weighted by Gasteiger charge is 2.19. The third-order valence-corrected chi connectivity index (χ3v) is 2.46. The number of rotatable bonds is 7. The number of carbonyl (C=O) groups is 2. The maximum absolute atomic E-state index is 11.1. The second kappa shape index (κ2) is 9.19. The van der Waals surface area contributed by atoms with Gasteiger partial charge in [-0.25, -0.2) is 9.59 Å². The SMILES string of the molecule is CCCCCCC(CC)OC(=O)C(=O)OC. The lowest BCUT2D eigenvalue weighted by molar-refractivity contribution is -0.169. The minimum absolute atomic E-state index is 0.163. The molecule has 0 aliphatic carbocycles. The van der Waals surface area contributed by atoms with Gasteiger partial charge in [-0.05, 0) is 19.3 Å². The highest BCUT2D eigenvalue weighted by molar-refractivity contribution is 6.29. The van der Waals surface area contributed by atoms with Crippen LogP contribution in [0.1, 0.15) is 52.4 Å². The average Bonchev–Trinajstić information content (AvgIpc) is 2.31. The van der Waals surface area contributed by atoms with Crippen molar-refractivity contribution < 1.29 is 19.1 Å². The summed E-state index contributed by atoms with van der Waals surface area (Å²) < 4.78 is 9.31. The third-order valence-electron chi connectivity index (χ3n) is 2.46. The standard InChI is InChI=1S/C12H22O4/c1-4-6-7-8-9-10(5-2)16-12(14)11(13)15-3/h10H,4-9H2,1-3H3. The van der Waals surface area contributed by atoms with Crippen LogP contribution in [0.25, 0.3) is 0 Å². The van der Waals surface area contributed by atoms with Crippen LogP contribution in [-0.4, -0.2) is 25.2 Å². The molecular formula is C12H22O4. The summed E-state index contributed by atoms with van der Waals surface area (Å²) in [4.78, 5) is 22.0.